The number of hydrogen-bond donors (Lipinski definition) is 3. The molecule has 0 spiro atoms. The average Bonchev–Trinajstić information content (AvgIpc) is 3.11. The van der Waals surface area contributed by atoms with Crippen molar-refractivity contribution in [2.75, 3.05) is 16.6 Å². The highest BCUT2D eigenvalue weighted by Gasteiger charge is 2.19. The summed E-state index contributed by atoms with van der Waals surface area (Å²) in [5.41, 5.74) is 12.9. The summed E-state index contributed by atoms with van der Waals surface area (Å²) < 4.78 is 2.47. The molecule has 1 aromatic carbocycles. The lowest BCUT2D eigenvalue weighted by Crippen LogP contribution is -2.40. The van der Waals surface area contributed by atoms with E-state index in [0.717, 1.165) is 16.7 Å². The Morgan fingerprint density at radius 1 is 1.19 bits per heavy atom. The van der Waals surface area contributed by atoms with Gasteiger partial charge < -0.3 is 5.73 Å². The van der Waals surface area contributed by atoms with Crippen LogP contribution in [0.1, 0.15) is 13.3 Å². The fourth-order valence-electron chi connectivity index (χ4n) is 2.56. The van der Waals surface area contributed by atoms with Crippen LogP contribution >= 0.6 is 11.3 Å². The van der Waals surface area contributed by atoms with E-state index >= 15 is 0 Å². The SMILES string of the molecule is CCCn1c(N)c(-c2csc(NNc3ccccc3)n2)c(=O)n(C)c1=O. The molecule has 0 saturated heterocycles. The van der Waals surface area contributed by atoms with E-state index in [2.05, 4.69) is 15.8 Å². The van der Waals surface area contributed by atoms with Gasteiger partial charge in [0.1, 0.15) is 11.4 Å². The number of nitrogen functional groups attached to an aromatic ring is 1. The van der Waals surface area contributed by atoms with Crippen molar-refractivity contribution in [3.05, 3.63) is 56.5 Å². The van der Waals surface area contributed by atoms with E-state index in [4.69, 9.17) is 5.73 Å². The first-order chi connectivity index (χ1) is 12.5. The molecule has 0 aliphatic carbocycles. The molecular formula is C17H20N6O2S. The van der Waals surface area contributed by atoms with Crippen molar-refractivity contribution >= 4 is 28.0 Å². The molecular weight excluding hydrogens is 352 g/mol. The largest absolute Gasteiger partial charge is 0.384 e. The van der Waals surface area contributed by atoms with Gasteiger partial charge in [0.2, 0.25) is 5.13 Å². The molecule has 0 unspecified atom stereocenters. The van der Waals surface area contributed by atoms with Crippen LogP contribution in [0, 0.1) is 0 Å². The van der Waals surface area contributed by atoms with Crippen LogP contribution in [-0.2, 0) is 13.6 Å². The lowest BCUT2D eigenvalue weighted by molar-refractivity contribution is 0.600. The Balaban J connectivity index is 1.94. The second kappa shape index (κ2) is 7.44. The number of thiazole rings is 1. The van der Waals surface area contributed by atoms with Crippen LogP contribution in [0.3, 0.4) is 0 Å². The maximum atomic E-state index is 12.6. The zero-order valence-electron chi connectivity index (χ0n) is 14.5. The molecule has 136 valence electrons. The molecule has 2 aromatic heterocycles. The summed E-state index contributed by atoms with van der Waals surface area (Å²) in [6, 6.07) is 9.58. The Labute approximate surface area is 153 Å². The van der Waals surface area contributed by atoms with E-state index in [0.29, 0.717) is 17.4 Å². The Bertz CT molecular complexity index is 1020. The third-order valence-electron chi connectivity index (χ3n) is 3.88. The van der Waals surface area contributed by atoms with Crippen LogP contribution in [-0.4, -0.2) is 14.1 Å². The number of aromatic nitrogens is 3. The van der Waals surface area contributed by atoms with E-state index in [1.807, 2.05) is 37.3 Å². The van der Waals surface area contributed by atoms with Crippen LogP contribution in [0.15, 0.2) is 45.3 Å². The normalized spacial score (nSPS) is 10.7. The van der Waals surface area contributed by atoms with Gasteiger partial charge in [-0.05, 0) is 18.6 Å². The molecule has 0 aliphatic rings. The number of rotatable bonds is 6. The van der Waals surface area contributed by atoms with Crippen LogP contribution in [0.2, 0.25) is 0 Å². The summed E-state index contributed by atoms with van der Waals surface area (Å²) >= 11 is 1.33. The predicted molar refractivity (Wildman–Crippen MR) is 105 cm³/mol. The number of hydrogen-bond acceptors (Lipinski definition) is 7. The summed E-state index contributed by atoms with van der Waals surface area (Å²) in [4.78, 5) is 29.2. The Hall–Kier alpha value is -3.07. The zero-order valence-corrected chi connectivity index (χ0v) is 15.3. The number of anilines is 3. The third kappa shape index (κ3) is 3.33. The van der Waals surface area contributed by atoms with Gasteiger partial charge in [-0.2, -0.15) is 0 Å². The van der Waals surface area contributed by atoms with Crippen molar-refractivity contribution in [1.82, 2.24) is 14.1 Å². The standard InChI is InChI=1S/C17H20N6O2S/c1-3-9-23-14(18)13(15(24)22(2)17(23)25)12-10-26-16(19-12)21-20-11-7-5-4-6-8-11/h4-8,10,20H,3,9,18H2,1-2H3,(H,19,21). The number of benzene rings is 1. The summed E-state index contributed by atoms with van der Waals surface area (Å²) in [6.07, 6.45) is 0.729. The van der Waals surface area contributed by atoms with Gasteiger partial charge in [0, 0.05) is 19.0 Å². The number of nitrogens with zero attached hydrogens (tertiary/aromatic N) is 3. The quantitative estimate of drug-likeness (QED) is 0.572. The number of nitrogens with two attached hydrogens (primary N) is 1. The Morgan fingerprint density at radius 3 is 2.62 bits per heavy atom. The number of para-hydroxylation sites is 1. The van der Waals surface area contributed by atoms with Gasteiger partial charge >= 0.3 is 5.69 Å². The van der Waals surface area contributed by atoms with E-state index in [9.17, 15) is 9.59 Å². The summed E-state index contributed by atoms with van der Waals surface area (Å²) in [5.74, 6) is 0.146. The van der Waals surface area contributed by atoms with Gasteiger partial charge in [-0.25, -0.2) is 9.78 Å². The molecule has 26 heavy (non-hydrogen) atoms. The van der Waals surface area contributed by atoms with Crippen molar-refractivity contribution < 1.29 is 0 Å². The van der Waals surface area contributed by atoms with Gasteiger partial charge in [0.15, 0.2) is 0 Å². The molecule has 0 atom stereocenters. The number of nitrogens with one attached hydrogen (secondary N) is 2. The Morgan fingerprint density at radius 2 is 1.92 bits per heavy atom. The van der Waals surface area contributed by atoms with Crippen LogP contribution in [0.4, 0.5) is 16.6 Å². The fourth-order valence-corrected chi connectivity index (χ4v) is 3.21. The predicted octanol–water partition coefficient (Wildman–Crippen LogP) is 2.10. The van der Waals surface area contributed by atoms with Gasteiger partial charge in [-0.3, -0.25) is 24.8 Å². The maximum absolute atomic E-state index is 12.6. The first kappa shape index (κ1) is 17.7. The topological polar surface area (TPSA) is 107 Å². The van der Waals surface area contributed by atoms with Gasteiger partial charge in [0.05, 0.1) is 11.4 Å². The van der Waals surface area contributed by atoms with Gasteiger partial charge in [-0.1, -0.05) is 25.1 Å². The maximum Gasteiger partial charge on any atom is 0.332 e. The van der Waals surface area contributed by atoms with Crippen molar-refractivity contribution in [2.45, 2.75) is 19.9 Å². The monoisotopic (exact) mass is 372 g/mol. The first-order valence-electron chi connectivity index (χ1n) is 8.15. The first-order valence-corrected chi connectivity index (χ1v) is 9.03. The summed E-state index contributed by atoms with van der Waals surface area (Å²) in [7, 11) is 1.45. The van der Waals surface area contributed by atoms with Crippen molar-refractivity contribution in [2.24, 2.45) is 7.05 Å². The lowest BCUT2D eigenvalue weighted by Gasteiger charge is -2.13. The van der Waals surface area contributed by atoms with Crippen LogP contribution < -0.4 is 27.8 Å². The third-order valence-corrected chi connectivity index (χ3v) is 4.64. The molecule has 0 aliphatic heterocycles. The molecule has 0 saturated carbocycles. The van der Waals surface area contributed by atoms with E-state index in [1.54, 1.807) is 5.38 Å². The molecule has 8 nitrogen and oxygen atoms in total. The Kier molecular flexibility index (Phi) is 5.08. The fraction of sp³-hybridized carbons (Fsp3) is 0.235. The highest BCUT2D eigenvalue weighted by Crippen LogP contribution is 2.26. The summed E-state index contributed by atoms with van der Waals surface area (Å²) in [6.45, 7) is 2.38. The van der Waals surface area contributed by atoms with Crippen molar-refractivity contribution in [1.29, 1.82) is 0 Å². The molecule has 0 amide bonds. The molecule has 9 heteroatoms. The molecule has 3 aromatic rings. The molecule has 4 N–H and O–H groups in total. The van der Waals surface area contributed by atoms with Crippen LogP contribution in [0.25, 0.3) is 11.3 Å². The summed E-state index contributed by atoms with van der Waals surface area (Å²) in [5, 5.41) is 2.32. The minimum absolute atomic E-state index is 0.146. The minimum Gasteiger partial charge on any atom is -0.384 e. The average molecular weight is 372 g/mol. The minimum atomic E-state index is -0.451. The molecule has 2 heterocycles. The zero-order chi connectivity index (χ0) is 18.7. The number of hydrazine groups is 1. The highest BCUT2D eigenvalue weighted by atomic mass is 32.1. The van der Waals surface area contributed by atoms with Gasteiger partial charge in [0.25, 0.3) is 5.56 Å². The van der Waals surface area contributed by atoms with Crippen LogP contribution in [0.5, 0.6) is 0 Å². The molecule has 0 bridgehead atoms. The van der Waals surface area contributed by atoms with E-state index in [1.165, 1.54) is 23.0 Å². The second-order valence-corrected chi connectivity index (χ2v) is 6.57. The van der Waals surface area contributed by atoms with E-state index < -0.39 is 11.2 Å². The smallest absolute Gasteiger partial charge is 0.332 e. The molecule has 3 rings (SSSR count). The molecule has 0 radical (unpaired) electrons. The van der Waals surface area contributed by atoms with E-state index in [-0.39, 0.29) is 11.4 Å². The van der Waals surface area contributed by atoms with Gasteiger partial charge in [-0.15, -0.1) is 11.3 Å². The van der Waals surface area contributed by atoms with Crippen molar-refractivity contribution in [3.63, 3.8) is 0 Å². The molecule has 0 fully saturated rings. The highest BCUT2D eigenvalue weighted by molar-refractivity contribution is 7.14. The lowest BCUT2D eigenvalue weighted by atomic mass is 10.2. The second-order valence-electron chi connectivity index (χ2n) is 5.71. The van der Waals surface area contributed by atoms with Crippen molar-refractivity contribution in [3.8, 4) is 11.3 Å².